The van der Waals surface area contributed by atoms with Crippen LogP contribution in [0.1, 0.15) is 16.1 Å². The average Bonchev–Trinajstić information content (AvgIpc) is 3.08. The molecule has 2 amide bonds. The normalized spacial score (nSPS) is 10.3. The second kappa shape index (κ2) is 7.52. The van der Waals surface area contributed by atoms with Crippen LogP contribution in [0.4, 0.5) is 5.69 Å². The number of carbonyl (C=O) groups excluding carboxylic acids is 2. The van der Waals surface area contributed by atoms with E-state index in [0.29, 0.717) is 11.4 Å². The Hall–Kier alpha value is -3.61. The molecule has 1 aromatic heterocycles. The van der Waals surface area contributed by atoms with Crippen molar-refractivity contribution >= 4 is 17.5 Å². The first-order valence-electron chi connectivity index (χ1n) is 7.94. The molecule has 0 aliphatic heterocycles. The molecule has 3 aromatic rings. The van der Waals surface area contributed by atoms with E-state index < -0.39 is 5.91 Å². The molecule has 0 unspecified atom stereocenters. The standard InChI is InChI=1S/C19H18N4O3/c1-26-16-12-23(15-5-3-2-4-6-15)22-18(16)19(25)21-14-9-7-13(8-10-14)11-17(20)24/h2-10,12H,11H2,1H3,(H2,20,24)(H,21,25). The summed E-state index contributed by atoms with van der Waals surface area (Å²) < 4.78 is 6.86. The Morgan fingerprint density at radius 3 is 2.42 bits per heavy atom. The van der Waals surface area contributed by atoms with Crippen LogP contribution in [0.3, 0.4) is 0 Å². The number of carbonyl (C=O) groups is 2. The van der Waals surface area contributed by atoms with Crippen molar-refractivity contribution in [2.75, 3.05) is 12.4 Å². The predicted molar refractivity (Wildman–Crippen MR) is 97.4 cm³/mol. The van der Waals surface area contributed by atoms with Gasteiger partial charge in [-0.15, -0.1) is 0 Å². The van der Waals surface area contributed by atoms with Gasteiger partial charge in [0, 0.05) is 5.69 Å². The van der Waals surface area contributed by atoms with Gasteiger partial charge in [-0.2, -0.15) is 5.10 Å². The van der Waals surface area contributed by atoms with Crippen LogP contribution in [0.5, 0.6) is 5.75 Å². The van der Waals surface area contributed by atoms with E-state index in [1.165, 1.54) is 7.11 Å². The third-order valence-corrected chi connectivity index (χ3v) is 3.73. The summed E-state index contributed by atoms with van der Waals surface area (Å²) in [5.74, 6) is -0.422. The number of para-hydroxylation sites is 1. The molecular formula is C19H18N4O3. The van der Waals surface area contributed by atoms with E-state index in [4.69, 9.17) is 10.5 Å². The molecule has 0 saturated heterocycles. The monoisotopic (exact) mass is 350 g/mol. The van der Waals surface area contributed by atoms with Gasteiger partial charge in [0.05, 0.1) is 25.4 Å². The van der Waals surface area contributed by atoms with Crippen molar-refractivity contribution in [3.8, 4) is 11.4 Å². The molecule has 26 heavy (non-hydrogen) atoms. The summed E-state index contributed by atoms with van der Waals surface area (Å²) >= 11 is 0. The van der Waals surface area contributed by atoms with Crippen molar-refractivity contribution in [2.45, 2.75) is 6.42 Å². The van der Waals surface area contributed by atoms with Crippen LogP contribution in [-0.2, 0) is 11.2 Å². The highest BCUT2D eigenvalue weighted by Gasteiger charge is 2.18. The van der Waals surface area contributed by atoms with Crippen molar-refractivity contribution in [2.24, 2.45) is 5.73 Å². The fraction of sp³-hybridized carbons (Fsp3) is 0.105. The number of nitrogens with zero attached hydrogens (tertiary/aromatic N) is 2. The molecule has 132 valence electrons. The SMILES string of the molecule is COc1cn(-c2ccccc2)nc1C(=O)Nc1ccc(CC(N)=O)cc1. The van der Waals surface area contributed by atoms with E-state index in [9.17, 15) is 9.59 Å². The summed E-state index contributed by atoms with van der Waals surface area (Å²) in [6, 6.07) is 16.3. The minimum absolute atomic E-state index is 0.156. The highest BCUT2D eigenvalue weighted by molar-refractivity contribution is 6.04. The Labute approximate surface area is 150 Å². The first-order valence-corrected chi connectivity index (χ1v) is 7.94. The number of primary amides is 1. The van der Waals surface area contributed by atoms with Crippen LogP contribution in [0.15, 0.2) is 60.8 Å². The molecular weight excluding hydrogens is 332 g/mol. The summed E-state index contributed by atoms with van der Waals surface area (Å²) in [4.78, 5) is 23.5. The Morgan fingerprint density at radius 2 is 1.81 bits per heavy atom. The van der Waals surface area contributed by atoms with Gasteiger partial charge in [-0.3, -0.25) is 9.59 Å². The van der Waals surface area contributed by atoms with Crippen molar-refractivity contribution in [3.05, 3.63) is 72.1 Å². The van der Waals surface area contributed by atoms with Gasteiger partial charge in [-0.05, 0) is 29.8 Å². The maximum absolute atomic E-state index is 12.6. The van der Waals surface area contributed by atoms with Gasteiger partial charge in [0.2, 0.25) is 5.91 Å². The van der Waals surface area contributed by atoms with Gasteiger partial charge in [0.15, 0.2) is 11.4 Å². The maximum Gasteiger partial charge on any atom is 0.280 e. The van der Waals surface area contributed by atoms with E-state index in [0.717, 1.165) is 11.3 Å². The van der Waals surface area contributed by atoms with Crippen LogP contribution < -0.4 is 15.8 Å². The fourth-order valence-electron chi connectivity index (χ4n) is 2.48. The number of aromatic nitrogens is 2. The number of nitrogens with two attached hydrogens (primary N) is 1. The zero-order valence-corrected chi connectivity index (χ0v) is 14.2. The number of nitrogens with one attached hydrogen (secondary N) is 1. The topological polar surface area (TPSA) is 99.2 Å². The number of benzene rings is 2. The molecule has 0 atom stereocenters. The third kappa shape index (κ3) is 3.89. The number of methoxy groups -OCH3 is 1. The largest absolute Gasteiger partial charge is 0.493 e. The van der Waals surface area contributed by atoms with Crippen LogP contribution in [0.2, 0.25) is 0 Å². The molecule has 3 rings (SSSR count). The minimum Gasteiger partial charge on any atom is -0.493 e. The van der Waals surface area contributed by atoms with Crippen molar-refractivity contribution in [1.29, 1.82) is 0 Å². The quantitative estimate of drug-likeness (QED) is 0.711. The van der Waals surface area contributed by atoms with Gasteiger partial charge >= 0.3 is 0 Å². The molecule has 2 aromatic carbocycles. The summed E-state index contributed by atoms with van der Waals surface area (Å²) in [5, 5.41) is 7.09. The smallest absolute Gasteiger partial charge is 0.280 e. The lowest BCUT2D eigenvalue weighted by atomic mass is 10.1. The van der Waals surface area contributed by atoms with E-state index in [2.05, 4.69) is 10.4 Å². The lowest BCUT2D eigenvalue weighted by molar-refractivity contribution is -0.117. The molecule has 7 heteroatoms. The molecule has 0 fully saturated rings. The van der Waals surface area contributed by atoms with Gasteiger partial charge in [0.25, 0.3) is 5.91 Å². The Balaban J connectivity index is 1.79. The number of anilines is 1. The van der Waals surface area contributed by atoms with Gasteiger partial charge in [-0.1, -0.05) is 30.3 Å². The average molecular weight is 350 g/mol. The van der Waals surface area contributed by atoms with Crippen molar-refractivity contribution < 1.29 is 14.3 Å². The third-order valence-electron chi connectivity index (χ3n) is 3.73. The van der Waals surface area contributed by atoms with E-state index in [1.54, 1.807) is 35.1 Å². The summed E-state index contributed by atoms with van der Waals surface area (Å²) in [6.45, 7) is 0. The highest BCUT2D eigenvalue weighted by Crippen LogP contribution is 2.21. The molecule has 0 aliphatic carbocycles. The highest BCUT2D eigenvalue weighted by atomic mass is 16.5. The number of amides is 2. The van der Waals surface area contributed by atoms with Crippen LogP contribution in [-0.4, -0.2) is 28.7 Å². The second-order valence-electron chi connectivity index (χ2n) is 5.62. The first kappa shape index (κ1) is 17.2. The number of rotatable bonds is 6. The summed E-state index contributed by atoms with van der Waals surface area (Å²) in [6.07, 6.45) is 1.81. The maximum atomic E-state index is 12.6. The number of hydrogen-bond donors (Lipinski definition) is 2. The van der Waals surface area contributed by atoms with Crippen LogP contribution in [0.25, 0.3) is 5.69 Å². The number of hydrogen-bond acceptors (Lipinski definition) is 4. The summed E-state index contributed by atoms with van der Waals surface area (Å²) in [5.41, 5.74) is 7.53. The lowest BCUT2D eigenvalue weighted by Crippen LogP contribution is -2.15. The molecule has 1 heterocycles. The zero-order valence-electron chi connectivity index (χ0n) is 14.2. The molecule has 0 bridgehead atoms. The Kier molecular flexibility index (Phi) is 4.98. The predicted octanol–water partition coefficient (Wildman–Crippen LogP) is 2.16. The van der Waals surface area contributed by atoms with E-state index >= 15 is 0 Å². The minimum atomic E-state index is -0.405. The summed E-state index contributed by atoms with van der Waals surface area (Å²) in [7, 11) is 1.49. The van der Waals surface area contributed by atoms with Gasteiger partial charge in [-0.25, -0.2) is 4.68 Å². The molecule has 3 N–H and O–H groups in total. The second-order valence-corrected chi connectivity index (χ2v) is 5.62. The molecule has 0 aliphatic rings. The molecule has 7 nitrogen and oxygen atoms in total. The van der Waals surface area contributed by atoms with Gasteiger partial charge in [0.1, 0.15) is 0 Å². The number of ether oxygens (including phenoxy) is 1. The first-order chi connectivity index (χ1) is 12.6. The van der Waals surface area contributed by atoms with Crippen molar-refractivity contribution in [3.63, 3.8) is 0 Å². The van der Waals surface area contributed by atoms with E-state index in [1.807, 2.05) is 30.3 Å². The molecule has 0 radical (unpaired) electrons. The van der Waals surface area contributed by atoms with Crippen molar-refractivity contribution in [1.82, 2.24) is 9.78 Å². The van der Waals surface area contributed by atoms with Gasteiger partial charge < -0.3 is 15.8 Å². The molecule has 0 spiro atoms. The lowest BCUT2D eigenvalue weighted by Gasteiger charge is -2.05. The van der Waals surface area contributed by atoms with Crippen LogP contribution >= 0.6 is 0 Å². The van der Waals surface area contributed by atoms with Crippen LogP contribution in [0, 0.1) is 0 Å². The fourth-order valence-corrected chi connectivity index (χ4v) is 2.48. The molecule has 0 saturated carbocycles. The Morgan fingerprint density at radius 1 is 1.12 bits per heavy atom. The Bertz CT molecular complexity index is 918. The van der Waals surface area contributed by atoms with E-state index in [-0.39, 0.29) is 18.0 Å². The zero-order chi connectivity index (χ0) is 18.5.